The molecule has 0 aliphatic carbocycles. The summed E-state index contributed by atoms with van der Waals surface area (Å²) in [6.45, 7) is 0.259. The summed E-state index contributed by atoms with van der Waals surface area (Å²) in [4.78, 5) is 11.7. The molecular weight excluding hydrogens is 287 g/mol. The third-order valence-electron chi connectivity index (χ3n) is 2.56. The van der Waals surface area contributed by atoms with Crippen LogP contribution in [0.2, 0.25) is 0 Å². The first-order valence-electron chi connectivity index (χ1n) is 5.98. The van der Waals surface area contributed by atoms with Crippen molar-refractivity contribution in [1.82, 2.24) is 20.3 Å². The lowest BCUT2D eigenvalue weighted by Crippen LogP contribution is -2.20. The normalized spacial score (nSPS) is 10.7. The molecule has 1 heterocycles. The maximum absolute atomic E-state index is 13.4. The number of halogens is 3. The summed E-state index contributed by atoms with van der Waals surface area (Å²) in [7, 11) is 1.73. The van der Waals surface area contributed by atoms with Crippen LogP contribution < -0.4 is 10.6 Å². The minimum atomic E-state index is -1.63. The number of hydrogen-bond donors (Lipinski definition) is 2. The molecule has 2 aromatic rings. The molecule has 0 bridgehead atoms. The Morgan fingerprint density at radius 3 is 2.76 bits per heavy atom. The maximum Gasteiger partial charge on any atom is 0.246 e. The second-order valence-corrected chi connectivity index (χ2v) is 4.21. The fourth-order valence-electron chi connectivity index (χ4n) is 1.64. The number of carbonyl (C=O) groups is 1. The van der Waals surface area contributed by atoms with Crippen LogP contribution in [0.15, 0.2) is 18.3 Å². The van der Waals surface area contributed by atoms with Gasteiger partial charge in [0.05, 0.1) is 17.6 Å². The van der Waals surface area contributed by atoms with E-state index in [9.17, 15) is 18.0 Å². The molecule has 0 radical (unpaired) electrons. The molecule has 112 valence electrons. The van der Waals surface area contributed by atoms with Crippen LogP contribution in [0.1, 0.15) is 5.69 Å². The van der Waals surface area contributed by atoms with Gasteiger partial charge in [-0.15, -0.1) is 5.10 Å². The molecule has 21 heavy (non-hydrogen) atoms. The number of nitrogens with one attached hydrogen (secondary N) is 2. The van der Waals surface area contributed by atoms with Gasteiger partial charge in [-0.05, 0) is 19.2 Å². The zero-order valence-corrected chi connectivity index (χ0v) is 11.0. The predicted molar refractivity (Wildman–Crippen MR) is 67.7 cm³/mol. The average Bonchev–Trinajstić information content (AvgIpc) is 2.87. The summed E-state index contributed by atoms with van der Waals surface area (Å²) < 4.78 is 40.4. The van der Waals surface area contributed by atoms with Crippen molar-refractivity contribution in [2.75, 3.05) is 12.4 Å². The van der Waals surface area contributed by atoms with Crippen LogP contribution in [0.3, 0.4) is 0 Å². The summed E-state index contributed by atoms with van der Waals surface area (Å²) in [6, 6.07) is 1.67. The summed E-state index contributed by atoms with van der Waals surface area (Å²) >= 11 is 0. The van der Waals surface area contributed by atoms with Crippen molar-refractivity contribution in [1.29, 1.82) is 0 Å². The number of anilines is 1. The smallest absolute Gasteiger partial charge is 0.246 e. The summed E-state index contributed by atoms with van der Waals surface area (Å²) in [5.41, 5.74) is 0.193. The lowest BCUT2D eigenvalue weighted by molar-refractivity contribution is -0.117. The molecule has 0 saturated carbocycles. The molecule has 1 aromatic carbocycles. The van der Waals surface area contributed by atoms with Crippen molar-refractivity contribution >= 4 is 11.6 Å². The Morgan fingerprint density at radius 2 is 2.05 bits per heavy atom. The summed E-state index contributed by atoms with van der Waals surface area (Å²) in [5.74, 6) is -5.04. The molecule has 0 unspecified atom stereocenters. The van der Waals surface area contributed by atoms with Crippen molar-refractivity contribution < 1.29 is 18.0 Å². The number of rotatable bonds is 5. The lowest BCUT2D eigenvalue weighted by atomic mass is 10.2. The topological polar surface area (TPSA) is 71.8 Å². The van der Waals surface area contributed by atoms with Gasteiger partial charge in [-0.25, -0.2) is 17.9 Å². The Hall–Kier alpha value is -2.42. The molecular formula is C12H12F3N5O. The third-order valence-corrected chi connectivity index (χ3v) is 2.56. The number of aromatic nitrogens is 3. The van der Waals surface area contributed by atoms with Gasteiger partial charge in [0, 0.05) is 6.54 Å². The highest BCUT2D eigenvalue weighted by atomic mass is 19.2. The van der Waals surface area contributed by atoms with Gasteiger partial charge in [-0.2, -0.15) is 0 Å². The Kier molecular flexibility index (Phi) is 4.53. The molecule has 0 atom stereocenters. The molecule has 1 amide bonds. The van der Waals surface area contributed by atoms with Gasteiger partial charge >= 0.3 is 0 Å². The van der Waals surface area contributed by atoms with Gasteiger partial charge in [0.15, 0.2) is 17.5 Å². The zero-order valence-electron chi connectivity index (χ0n) is 11.0. The quantitative estimate of drug-likeness (QED) is 0.810. The number of carbonyl (C=O) groups excluding carboxylic acids is 1. The van der Waals surface area contributed by atoms with Crippen molar-refractivity contribution in [3.05, 3.63) is 41.5 Å². The van der Waals surface area contributed by atoms with E-state index >= 15 is 0 Å². The standard InChI is InChI=1S/C12H12F3N5O/c1-16-4-7-5-20(19-18-7)6-10(21)17-9-3-2-8(13)11(14)12(9)15/h2-3,5,16H,4,6H2,1H3,(H,17,21). The molecule has 0 aliphatic rings. The highest BCUT2D eigenvalue weighted by molar-refractivity contribution is 5.90. The van der Waals surface area contributed by atoms with Crippen LogP contribution in [0.5, 0.6) is 0 Å². The van der Waals surface area contributed by atoms with E-state index in [0.717, 1.165) is 12.1 Å². The molecule has 2 rings (SSSR count). The van der Waals surface area contributed by atoms with Gasteiger partial charge < -0.3 is 10.6 Å². The van der Waals surface area contributed by atoms with Crippen molar-refractivity contribution in [3.63, 3.8) is 0 Å². The fraction of sp³-hybridized carbons (Fsp3) is 0.250. The third kappa shape index (κ3) is 3.57. The first kappa shape index (κ1) is 15.0. The van der Waals surface area contributed by atoms with Crippen LogP contribution in [0.25, 0.3) is 0 Å². The highest BCUT2D eigenvalue weighted by Crippen LogP contribution is 2.19. The van der Waals surface area contributed by atoms with E-state index in [1.54, 1.807) is 7.05 Å². The number of nitrogens with zero attached hydrogens (tertiary/aromatic N) is 3. The van der Waals surface area contributed by atoms with Crippen molar-refractivity contribution in [3.8, 4) is 0 Å². The van der Waals surface area contributed by atoms with Crippen LogP contribution in [0, 0.1) is 17.5 Å². The summed E-state index contributed by atoms with van der Waals surface area (Å²) in [5, 5.41) is 12.5. The largest absolute Gasteiger partial charge is 0.322 e. The number of benzene rings is 1. The van der Waals surface area contributed by atoms with E-state index in [4.69, 9.17) is 0 Å². The van der Waals surface area contributed by atoms with E-state index in [2.05, 4.69) is 20.9 Å². The minimum absolute atomic E-state index is 0.227. The van der Waals surface area contributed by atoms with Gasteiger partial charge in [0.1, 0.15) is 6.54 Å². The van der Waals surface area contributed by atoms with E-state index in [1.807, 2.05) is 0 Å². The zero-order chi connectivity index (χ0) is 15.4. The molecule has 0 fully saturated rings. The Bertz CT molecular complexity index is 658. The van der Waals surface area contributed by atoms with Crippen LogP contribution in [-0.4, -0.2) is 27.9 Å². The second-order valence-electron chi connectivity index (χ2n) is 4.21. The first-order chi connectivity index (χ1) is 10.0. The maximum atomic E-state index is 13.4. The van der Waals surface area contributed by atoms with Gasteiger partial charge in [-0.3, -0.25) is 4.79 Å². The van der Waals surface area contributed by atoms with E-state index in [-0.39, 0.29) is 6.54 Å². The first-order valence-corrected chi connectivity index (χ1v) is 5.98. The molecule has 0 spiro atoms. The highest BCUT2D eigenvalue weighted by Gasteiger charge is 2.15. The molecule has 1 aromatic heterocycles. The SMILES string of the molecule is CNCc1cn(CC(=O)Nc2ccc(F)c(F)c2F)nn1. The fourth-order valence-corrected chi connectivity index (χ4v) is 1.64. The lowest BCUT2D eigenvalue weighted by Gasteiger charge is -2.07. The van der Waals surface area contributed by atoms with Crippen LogP contribution in [-0.2, 0) is 17.9 Å². The van der Waals surface area contributed by atoms with Gasteiger partial charge in [0.2, 0.25) is 5.91 Å². The van der Waals surface area contributed by atoms with E-state index < -0.39 is 29.0 Å². The van der Waals surface area contributed by atoms with Crippen molar-refractivity contribution in [2.45, 2.75) is 13.1 Å². The van der Waals surface area contributed by atoms with E-state index in [0.29, 0.717) is 12.2 Å². The molecule has 0 saturated heterocycles. The average molecular weight is 299 g/mol. The Balaban J connectivity index is 2.03. The van der Waals surface area contributed by atoms with Gasteiger partial charge in [-0.1, -0.05) is 5.21 Å². The second kappa shape index (κ2) is 6.35. The number of amides is 1. The predicted octanol–water partition coefficient (Wildman–Crippen LogP) is 1.05. The Morgan fingerprint density at radius 1 is 1.29 bits per heavy atom. The molecule has 6 nitrogen and oxygen atoms in total. The van der Waals surface area contributed by atoms with Crippen LogP contribution >= 0.6 is 0 Å². The van der Waals surface area contributed by atoms with Crippen LogP contribution in [0.4, 0.5) is 18.9 Å². The van der Waals surface area contributed by atoms with E-state index in [1.165, 1.54) is 10.9 Å². The molecule has 9 heteroatoms. The molecule has 2 N–H and O–H groups in total. The minimum Gasteiger partial charge on any atom is -0.322 e. The summed E-state index contributed by atoms with van der Waals surface area (Å²) in [6.07, 6.45) is 1.54. The molecule has 0 aliphatic heterocycles. The monoisotopic (exact) mass is 299 g/mol. The Labute approximate surface area is 118 Å². The number of hydrogen-bond acceptors (Lipinski definition) is 4. The van der Waals surface area contributed by atoms with Crippen molar-refractivity contribution in [2.24, 2.45) is 0 Å². The van der Waals surface area contributed by atoms with Gasteiger partial charge in [0.25, 0.3) is 0 Å².